The van der Waals surface area contributed by atoms with E-state index in [0.29, 0.717) is 14.5 Å². The Balaban J connectivity index is 2.10. The van der Waals surface area contributed by atoms with Crippen molar-refractivity contribution in [1.29, 1.82) is 0 Å². The van der Waals surface area contributed by atoms with Crippen molar-refractivity contribution >= 4 is 43.6 Å². The van der Waals surface area contributed by atoms with E-state index in [0.717, 1.165) is 11.1 Å². The molecule has 0 aliphatic heterocycles. The second-order valence-electron chi connectivity index (χ2n) is 5.08. The molecular formula is C17H14Br2O4. The second-order valence-corrected chi connectivity index (χ2v) is 6.85. The number of ether oxygens (including phenoxy) is 1. The second kappa shape index (κ2) is 7.27. The first-order valence-electron chi connectivity index (χ1n) is 6.75. The number of aromatic hydroxyl groups is 1. The van der Waals surface area contributed by atoms with Crippen LogP contribution in [0.3, 0.4) is 0 Å². The summed E-state index contributed by atoms with van der Waals surface area (Å²) in [5.74, 6) is -1.28. The van der Waals surface area contributed by atoms with E-state index < -0.39 is 5.97 Å². The number of phenolic OH excluding ortho intramolecular Hbond substituents is 1. The largest absolute Gasteiger partial charge is 0.506 e. The summed E-state index contributed by atoms with van der Waals surface area (Å²) in [6.45, 7) is 3.48. The van der Waals surface area contributed by atoms with E-state index in [2.05, 4.69) is 31.9 Å². The quantitative estimate of drug-likeness (QED) is 0.557. The van der Waals surface area contributed by atoms with Crippen molar-refractivity contribution < 1.29 is 19.4 Å². The van der Waals surface area contributed by atoms with Gasteiger partial charge in [0, 0.05) is 10.0 Å². The Morgan fingerprint density at radius 3 is 2.43 bits per heavy atom. The zero-order chi connectivity index (χ0) is 17.1. The molecule has 0 aliphatic rings. The number of hydrogen-bond donors (Lipinski definition) is 1. The number of esters is 1. The summed E-state index contributed by atoms with van der Waals surface area (Å²) in [7, 11) is 0. The van der Waals surface area contributed by atoms with Crippen LogP contribution in [0, 0.1) is 13.8 Å². The smallest absolute Gasteiger partial charge is 0.342 e. The lowest BCUT2D eigenvalue weighted by Crippen LogP contribution is -2.14. The van der Waals surface area contributed by atoms with E-state index >= 15 is 0 Å². The molecule has 2 rings (SSSR count). The first-order chi connectivity index (χ1) is 10.8. The van der Waals surface area contributed by atoms with E-state index in [4.69, 9.17) is 4.74 Å². The monoisotopic (exact) mass is 440 g/mol. The fourth-order valence-corrected chi connectivity index (χ4v) is 3.15. The van der Waals surface area contributed by atoms with Gasteiger partial charge in [-0.1, -0.05) is 28.1 Å². The maximum atomic E-state index is 12.1. The molecule has 2 aromatic carbocycles. The highest BCUT2D eigenvalue weighted by atomic mass is 79.9. The van der Waals surface area contributed by atoms with Crippen LogP contribution in [0.1, 0.15) is 31.8 Å². The summed E-state index contributed by atoms with van der Waals surface area (Å²) in [4.78, 5) is 24.2. The van der Waals surface area contributed by atoms with E-state index in [1.807, 2.05) is 19.9 Å². The van der Waals surface area contributed by atoms with Crippen molar-refractivity contribution in [3.8, 4) is 5.75 Å². The van der Waals surface area contributed by atoms with Gasteiger partial charge in [0.2, 0.25) is 0 Å². The molecule has 0 atom stereocenters. The van der Waals surface area contributed by atoms with E-state index in [-0.39, 0.29) is 23.7 Å². The van der Waals surface area contributed by atoms with Gasteiger partial charge in [-0.25, -0.2) is 4.79 Å². The van der Waals surface area contributed by atoms with E-state index in [9.17, 15) is 14.7 Å². The van der Waals surface area contributed by atoms with Gasteiger partial charge < -0.3 is 9.84 Å². The van der Waals surface area contributed by atoms with Crippen LogP contribution in [0.15, 0.2) is 39.3 Å². The van der Waals surface area contributed by atoms with E-state index in [1.165, 1.54) is 6.07 Å². The summed E-state index contributed by atoms with van der Waals surface area (Å²) >= 11 is 6.37. The van der Waals surface area contributed by atoms with Gasteiger partial charge in [0.1, 0.15) is 11.3 Å². The number of rotatable bonds is 4. The van der Waals surface area contributed by atoms with Crippen LogP contribution in [0.25, 0.3) is 0 Å². The molecule has 4 nitrogen and oxygen atoms in total. The third-order valence-electron chi connectivity index (χ3n) is 3.41. The molecule has 0 spiro atoms. The Hall–Kier alpha value is -1.66. The van der Waals surface area contributed by atoms with Crippen LogP contribution in [0.2, 0.25) is 0 Å². The van der Waals surface area contributed by atoms with Crippen molar-refractivity contribution in [3.05, 3.63) is 61.5 Å². The average molecular weight is 442 g/mol. The number of carbonyl (C=O) groups excluding carboxylic acids is 2. The summed E-state index contributed by atoms with van der Waals surface area (Å²) in [6, 6.07) is 8.35. The zero-order valence-electron chi connectivity index (χ0n) is 12.5. The molecule has 0 heterocycles. The number of carbonyl (C=O) groups is 2. The summed E-state index contributed by atoms with van der Waals surface area (Å²) in [5, 5.41) is 9.89. The van der Waals surface area contributed by atoms with Gasteiger partial charge in [0.05, 0.1) is 4.47 Å². The molecule has 0 saturated heterocycles. The highest BCUT2D eigenvalue weighted by Gasteiger charge is 2.18. The van der Waals surface area contributed by atoms with Crippen LogP contribution in [-0.4, -0.2) is 23.5 Å². The Morgan fingerprint density at radius 2 is 1.78 bits per heavy atom. The number of aryl methyl sites for hydroxylation is 2. The Labute approximate surface area is 150 Å². The molecule has 0 aliphatic carbocycles. The molecule has 0 amide bonds. The average Bonchev–Trinajstić information content (AvgIpc) is 2.50. The SMILES string of the molecule is Cc1ccc(C(=O)COC(=O)c2cc(Br)cc(Br)c2O)cc1C. The first kappa shape index (κ1) is 17.7. The number of halogens is 2. The minimum absolute atomic E-state index is 0.0147. The first-order valence-corrected chi connectivity index (χ1v) is 8.33. The van der Waals surface area contributed by atoms with Crippen molar-refractivity contribution in [1.82, 2.24) is 0 Å². The lowest BCUT2D eigenvalue weighted by Gasteiger charge is -2.08. The minimum atomic E-state index is -0.762. The standard InChI is InChI=1S/C17H14Br2O4/c1-9-3-4-11(5-10(9)2)15(20)8-23-17(22)13-6-12(18)7-14(19)16(13)21/h3-7,21H,8H2,1-2H3. The molecule has 0 fully saturated rings. The highest BCUT2D eigenvalue weighted by molar-refractivity contribution is 9.11. The van der Waals surface area contributed by atoms with Gasteiger partial charge in [0.25, 0.3) is 0 Å². The number of hydrogen-bond acceptors (Lipinski definition) is 4. The lowest BCUT2D eigenvalue weighted by molar-refractivity contribution is 0.0471. The van der Waals surface area contributed by atoms with Crippen LogP contribution >= 0.6 is 31.9 Å². The normalized spacial score (nSPS) is 10.4. The molecule has 0 unspecified atom stereocenters. The summed E-state index contributed by atoms with van der Waals surface area (Å²) in [5.41, 5.74) is 2.55. The fourth-order valence-electron chi connectivity index (χ4n) is 1.93. The molecular weight excluding hydrogens is 428 g/mol. The Kier molecular flexibility index (Phi) is 5.59. The third kappa shape index (κ3) is 4.20. The molecule has 0 aromatic heterocycles. The molecule has 0 bridgehead atoms. The van der Waals surface area contributed by atoms with Crippen LogP contribution < -0.4 is 0 Å². The van der Waals surface area contributed by atoms with Gasteiger partial charge in [0.15, 0.2) is 12.4 Å². The van der Waals surface area contributed by atoms with Gasteiger partial charge in [-0.15, -0.1) is 0 Å². The van der Waals surface area contributed by atoms with Crippen molar-refractivity contribution in [2.24, 2.45) is 0 Å². The number of benzene rings is 2. The van der Waals surface area contributed by atoms with Crippen molar-refractivity contribution in [2.75, 3.05) is 6.61 Å². The topological polar surface area (TPSA) is 63.6 Å². The van der Waals surface area contributed by atoms with Gasteiger partial charge in [-0.3, -0.25) is 4.79 Å². The van der Waals surface area contributed by atoms with Crippen molar-refractivity contribution in [2.45, 2.75) is 13.8 Å². The molecule has 1 N–H and O–H groups in total. The summed E-state index contributed by atoms with van der Waals surface area (Å²) in [6.07, 6.45) is 0. The predicted octanol–water partition coefficient (Wildman–Crippen LogP) is 4.57. The molecule has 23 heavy (non-hydrogen) atoms. The predicted molar refractivity (Wildman–Crippen MR) is 94.0 cm³/mol. The third-order valence-corrected chi connectivity index (χ3v) is 4.47. The maximum absolute atomic E-state index is 12.1. The Bertz CT molecular complexity index is 784. The van der Waals surface area contributed by atoms with Gasteiger partial charge >= 0.3 is 5.97 Å². The number of Topliss-reactive ketones (excluding diaryl/α,β-unsaturated/α-hetero) is 1. The number of ketones is 1. The van der Waals surface area contributed by atoms with Gasteiger partial charge in [-0.05, 0) is 59.1 Å². The summed E-state index contributed by atoms with van der Waals surface area (Å²) < 4.78 is 5.98. The zero-order valence-corrected chi connectivity index (χ0v) is 15.7. The van der Waals surface area contributed by atoms with Crippen LogP contribution in [0.4, 0.5) is 0 Å². The van der Waals surface area contributed by atoms with Gasteiger partial charge in [-0.2, -0.15) is 0 Å². The molecule has 0 saturated carbocycles. The van der Waals surface area contributed by atoms with E-state index in [1.54, 1.807) is 18.2 Å². The Morgan fingerprint density at radius 1 is 1.09 bits per heavy atom. The van der Waals surface area contributed by atoms with Crippen molar-refractivity contribution in [3.63, 3.8) is 0 Å². The maximum Gasteiger partial charge on any atom is 0.342 e. The van der Waals surface area contributed by atoms with Crippen LogP contribution in [0.5, 0.6) is 5.75 Å². The number of phenols is 1. The minimum Gasteiger partial charge on any atom is -0.506 e. The molecule has 2 aromatic rings. The fraction of sp³-hybridized carbons (Fsp3) is 0.176. The molecule has 120 valence electrons. The molecule has 0 radical (unpaired) electrons. The lowest BCUT2D eigenvalue weighted by atomic mass is 10.0. The van der Waals surface area contributed by atoms with Crippen LogP contribution in [-0.2, 0) is 4.74 Å². The highest BCUT2D eigenvalue weighted by Crippen LogP contribution is 2.32. The molecule has 6 heteroatoms.